The Hall–Kier alpha value is -1.34. The van der Waals surface area contributed by atoms with Crippen LogP contribution in [0.1, 0.15) is 10.4 Å². The molecule has 0 aromatic carbocycles. The summed E-state index contributed by atoms with van der Waals surface area (Å²) in [7, 11) is -2.94. The van der Waals surface area contributed by atoms with Crippen molar-refractivity contribution in [2.24, 2.45) is 5.73 Å². The molecule has 98 valence electrons. The molecule has 0 spiro atoms. The molecule has 6 nitrogen and oxygen atoms in total. The van der Waals surface area contributed by atoms with Gasteiger partial charge in [-0.1, -0.05) is 11.6 Å². The van der Waals surface area contributed by atoms with E-state index in [1.165, 1.54) is 12.3 Å². The molecule has 1 aliphatic heterocycles. The summed E-state index contributed by atoms with van der Waals surface area (Å²) < 4.78 is 22.6. The first-order chi connectivity index (χ1) is 8.39. The second-order valence-electron chi connectivity index (χ2n) is 4.03. The number of carbonyl (C=O) groups is 1. The molecule has 2 rings (SSSR count). The second-order valence-corrected chi connectivity index (χ2v) is 6.74. The molecule has 1 saturated heterocycles. The molecule has 0 unspecified atom stereocenters. The Morgan fingerprint density at radius 1 is 1.39 bits per heavy atom. The van der Waals surface area contributed by atoms with E-state index in [9.17, 15) is 13.2 Å². The van der Waals surface area contributed by atoms with Gasteiger partial charge in [-0.15, -0.1) is 0 Å². The van der Waals surface area contributed by atoms with Crippen molar-refractivity contribution in [3.8, 4) is 0 Å². The van der Waals surface area contributed by atoms with E-state index in [-0.39, 0.29) is 17.1 Å². The number of nitrogens with zero attached hydrogens (tertiary/aromatic N) is 2. The fourth-order valence-electron chi connectivity index (χ4n) is 1.72. The monoisotopic (exact) mass is 289 g/mol. The highest BCUT2D eigenvalue weighted by Gasteiger charge is 2.24. The van der Waals surface area contributed by atoms with Crippen LogP contribution in [0.4, 0.5) is 5.82 Å². The van der Waals surface area contributed by atoms with Gasteiger partial charge in [-0.3, -0.25) is 4.79 Å². The van der Waals surface area contributed by atoms with Crippen molar-refractivity contribution in [2.75, 3.05) is 29.5 Å². The van der Waals surface area contributed by atoms with Crippen molar-refractivity contribution < 1.29 is 13.2 Å². The van der Waals surface area contributed by atoms with Crippen LogP contribution in [0.15, 0.2) is 12.3 Å². The molecule has 0 radical (unpaired) electrons. The first kappa shape index (κ1) is 13.1. The quantitative estimate of drug-likeness (QED) is 0.831. The van der Waals surface area contributed by atoms with Gasteiger partial charge in [-0.25, -0.2) is 13.4 Å². The number of halogens is 1. The minimum Gasteiger partial charge on any atom is -0.366 e. The molecule has 1 aliphatic rings. The first-order valence-electron chi connectivity index (χ1n) is 5.30. The van der Waals surface area contributed by atoms with Crippen molar-refractivity contribution >= 4 is 33.2 Å². The zero-order chi connectivity index (χ0) is 13.3. The Kier molecular flexibility index (Phi) is 3.45. The third-order valence-corrected chi connectivity index (χ3v) is 4.64. The number of nitrogens with two attached hydrogens (primary N) is 1. The van der Waals surface area contributed by atoms with Gasteiger partial charge in [0.15, 0.2) is 9.84 Å². The van der Waals surface area contributed by atoms with E-state index >= 15 is 0 Å². The van der Waals surface area contributed by atoms with Crippen molar-refractivity contribution in [1.82, 2.24) is 4.98 Å². The molecule has 2 heterocycles. The smallest absolute Gasteiger partial charge is 0.250 e. The molecule has 18 heavy (non-hydrogen) atoms. The molecule has 1 fully saturated rings. The maximum Gasteiger partial charge on any atom is 0.250 e. The third-order valence-electron chi connectivity index (χ3n) is 2.75. The van der Waals surface area contributed by atoms with Gasteiger partial charge in [0.1, 0.15) is 5.82 Å². The van der Waals surface area contributed by atoms with Crippen molar-refractivity contribution in [1.29, 1.82) is 0 Å². The summed E-state index contributed by atoms with van der Waals surface area (Å²) in [6, 6.07) is 1.44. The molecular formula is C10H12ClN3O3S. The summed E-state index contributed by atoms with van der Waals surface area (Å²) in [5.74, 6) is 0.0549. The van der Waals surface area contributed by atoms with Gasteiger partial charge in [0.25, 0.3) is 0 Å². The number of rotatable bonds is 2. The number of anilines is 1. The minimum atomic E-state index is -2.94. The first-order valence-corrected chi connectivity index (χ1v) is 7.50. The van der Waals surface area contributed by atoms with E-state index in [4.69, 9.17) is 17.3 Å². The molecule has 0 aliphatic carbocycles. The standard InChI is InChI=1S/C10H12ClN3O3S/c11-8-5-7(9(12)15)6-13-10(8)14-1-3-18(16,17)4-2-14/h5-6H,1-4H2,(H2,12,15). The Bertz CT molecular complexity index is 574. The molecule has 0 bridgehead atoms. The Morgan fingerprint density at radius 2 is 2.00 bits per heavy atom. The number of hydrogen-bond donors (Lipinski definition) is 1. The van der Waals surface area contributed by atoms with Crippen molar-refractivity contribution in [3.63, 3.8) is 0 Å². The lowest BCUT2D eigenvalue weighted by Crippen LogP contribution is -2.40. The molecule has 1 aromatic rings. The summed E-state index contributed by atoms with van der Waals surface area (Å²) >= 11 is 6.02. The number of pyridine rings is 1. The maximum atomic E-state index is 11.3. The zero-order valence-corrected chi connectivity index (χ0v) is 11.0. The van der Waals surface area contributed by atoms with Crippen LogP contribution in [0, 0.1) is 0 Å². The molecule has 8 heteroatoms. The van der Waals surface area contributed by atoms with Gasteiger partial charge < -0.3 is 10.6 Å². The molecule has 0 atom stereocenters. The normalized spacial score (nSPS) is 18.6. The Balaban J connectivity index is 2.22. The molecular weight excluding hydrogens is 278 g/mol. The lowest BCUT2D eigenvalue weighted by Gasteiger charge is -2.28. The topological polar surface area (TPSA) is 93.4 Å². The van der Waals surface area contributed by atoms with E-state index in [0.717, 1.165) is 0 Å². The predicted molar refractivity (Wildman–Crippen MR) is 68.6 cm³/mol. The lowest BCUT2D eigenvalue weighted by atomic mass is 10.2. The number of aromatic nitrogens is 1. The summed E-state index contributed by atoms with van der Waals surface area (Å²) in [5.41, 5.74) is 5.35. The largest absolute Gasteiger partial charge is 0.366 e. The van der Waals surface area contributed by atoms with Crippen LogP contribution in [0.2, 0.25) is 5.02 Å². The third kappa shape index (κ3) is 2.73. The van der Waals surface area contributed by atoms with Gasteiger partial charge >= 0.3 is 0 Å². The fourth-order valence-corrected chi connectivity index (χ4v) is 3.21. The van der Waals surface area contributed by atoms with Crippen LogP contribution in [-0.2, 0) is 9.84 Å². The summed E-state index contributed by atoms with van der Waals surface area (Å²) in [6.45, 7) is 0.704. The Labute approximate surface area is 110 Å². The highest BCUT2D eigenvalue weighted by molar-refractivity contribution is 7.91. The van der Waals surface area contributed by atoms with E-state index < -0.39 is 15.7 Å². The van der Waals surface area contributed by atoms with Crippen LogP contribution in [0.25, 0.3) is 0 Å². The fraction of sp³-hybridized carbons (Fsp3) is 0.400. The van der Waals surface area contributed by atoms with Crippen LogP contribution < -0.4 is 10.6 Å². The van der Waals surface area contributed by atoms with Crippen LogP contribution in [-0.4, -0.2) is 43.9 Å². The number of carbonyl (C=O) groups excluding carboxylic acids is 1. The van der Waals surface area contributed by atoms with Crippen molar-refractivity contribution in [3.05, 3.63) is 22.8 Å². The number of hydrogen-bond acceptors (Lipinski definition) is 5. The van der Waals surface area contributed by atoms with Crippen LogP contribution in [0.3, 0.4) is 0 Å². The minimum absolute atomic E-state index is 0.0859. The molecule has 1 aromatic heterocycles. The van der Waals surface area contributed by atoms with E-state index in [2.05, 4.69) is 4.98 Å². The van der Waals surface area contributed by atoms with E-state index in [1.807, 2.05) is 0 Å². The van der Waals surface area contributed by atoms with Gasteiger partial charge in [0, 0.05) is 19.3 Å². The maximum absolute atomic E-state index is 11.3. The summed E-state index contributed by atoms with van der Waals surface area (Å²) in [5, 5.41) is 0.297. The Morgan fingerprint density at radius 3 is 2.50 bits per heavy atom. The van der Waals surface area contributed by atoms with E-state index in [1.54, 1.807) is 4.90 Å². The molecule has 0 saturated carbocycles. The highest BCUT2D eigenvalue weighted by Crippen LogP contribution is 2.25. The zero-order valence-electron chi connectivity index (χ0n) is 9.47. The summed E-state index contributed by atoms with van der Waals surface area (Å²) in [6.07, 6.45) is 1.34. The highest BCUT2D eigenvalue weighted by atomic mass is 35.5. The molecule has 1 amide bonds. The molecule has 2 N–H and O–H groups in total. The van der Waals surface area contributed by atoms with Crippen LogP contribution in [0.5, 0.6) is 0 Å². The van der Waals surface area contributed by atoms with Gasteiger partial charge in [-0.2, -0.15) is 0 Å². The van der Waals surface area contributed by atoms with Gasteiger partial charge in [0.2, 0.25) is 5.91 Å². The van der Waals surface area contributed by atoms with Crippen LogP contribution >= 0.6 is 11.6 Å². The number of primary amides is 1. The van der Waals surface area contributed by atoms with E-state index in [0.29, 0.717) is 23.9 Å². The van der Waals surface area contributed by atoms with Gasteiger partial charge in [0.05, 0.1) is 22.1 Å². The number of sulfone groups is 1. The average Bonchev–Trinajstić information content (AvgIpc) is 2.29. The number of amides is 1. The summed E-state index contributed by atoms with van der Waals surface area (Å²) in [4.78, 5) is 16.8. The second kappa shape index (κ2) is 4.74. The van der Waals surface area contributed by atoms with Crippen molar-refractivity contribution in [2.45, 2.75) is 0 Å². The average molecular weight is 290 g/mol. The SMILES string of the molecule is NC(=O)c1cnc(N2CCS(=O)(=O)CC2)c(Cl)c1. The lowest BCUT2D eigenvalue weighted by molar-refractivity contribution is 0.1000. The predicted octanol–water partition coefficient (Wildman–Crippen LogP) is 0.0687. The van der Waals surface area contributed by atoms with Gasteiger partial charge in [-0.05, 0) is 6.07 Å².